The molecule has 0 amide bonds. The second-order valence-corrected chi connectivity index (χ2v) is 4.98. The monoisotopic (exact) mass is 230 g/mol. The minimum Gasteiger partial charge on any atom is -0.365 e. The maximum Gasteiger partial charge on any atom is 0.110 e. The van der Waals surface area contributed by atoms with Crippen LogP contribution in [0.4, 0.5) is 0 Å². The highest BCUT2D eigenvalue weighted by molar-refractivity contribution is 5.56. The van der Waals surface area contributed by atoms with Gasteiger partial charge in [-0.05, 0) is 42.5 Å². The van der Waals surface area contributed by atoms with Crippen LogP contribution >= 0.6 is 0 Å². The Morgan fingerprint density at radius 3 is 2.65 bits per heavy atom. The van der Waals surface area contributed by atoms with E-state index in [4.69, 9.17) is 4.74 Å². The topological polar surface area (TPSA) is 12.5 Å². The summed E-state index contributed by atoms with van der Waals surface area (Å²) in [6.07, 6.45) is 7.88. The second kappa shape index (κ2) is 5.05. The van der Waals surface area contributed by atoms with Crippen LogP contribution in [0.5, 0.6) is 0 Å². The van der Waals surface area contributed by atoms with Crippen LogP contribution in [-0.2, 0) is 11.2 Å². The Bertz CT molecular complexity index is 414. The zero-order valence-corrected chi connectivity index (χ0v) is 11.1. The number of aryl methyl sites for hydroxylation is 2. The molecule has 1 heteroatoms. The predicted octanol–water partition coefficient (Wildman–Crippen LogP) is 4.14. The van der Waals surface area contributed by atoms with E-state index in [2.05, 4.69) is 51.1 Å². The van der Waals surface area contributed by atoms with Crippen LogP contribution in [0.2, 0.25) is 0 Å². The van der Waals surface area contributed by atoms with E-state index in [1.54, 1.807) is 0 Å². The Morgan fingerprint density at radius 2 is 2.12 bits per heavy atom. The Morgan fingerprint density at radius 1 is 1.35 bits per heavy atom. The fraction of sp³-hybridized carbons (Fsp3) is 0.500. The molecule has 0 spiro atoms. The summed E-state index contributed by atoms with van der Waals surface area (Å²) in [6, 6.07) is 6.76. The number of ether oxygens (including phenoxy) is 1. The summed E-state index contributed by atoms with van der Waals surface area (Å²) in [4.78, 5) is 0. The van der Waals surface area contributed by atoms with Gasteiger partial charge in [0, 0.05) is 0 Å². The van der Waals surface area contributed by atoms with Crippen molar-refractivity contribution in [3.05, 3.63) is 41.0 Å². The van der Waals surface area contributed by atoms with Crippen LogP contribution in [0, 0.1) is 6.92 Å². The molecule has 1 unspecified atom stereocenters. The highest BCUT2D eigenvalue weighted by Gasteiger charge is 2.39. The van der Waals surface area contributed by atoms with Gasteiger partial charge in [-0.3, -0.25) is 0 Å². The van der Waals surface area contributed by atoms with Crippen molar-refractivity contribution in [3.8, 4) is 0 Å². The van der Waals surface area contributed by atoms with E-state index in [9.17, 15) is 0 Å². The number of hydrogen-bond donors (Lipinski definition) is 0. The molecular weight excluding hydrogens is 208 g/mol. The lowest BCUT2D eigenvalue weighted by molar-refractivity contribution is 0.345. The number of hydrogen-bond acceptors (Lipinski definition) is 1. The molecule has 1 aliphatic rings. The van der Waals surface area contributed by atoms with Crippen molar-refractivity contribution in [3.63, 3.8) is 0 Å². The third kappa shape index (κ3) is 2.98. The van der Waals surface area contributed by atoms with Gasteiger partial charge in [-0.25, -0.2) is 0 Å². The second-order valence-electron chi connectivity index (χ2n) is 4.98. The lowest BCUT2D eigenvalue weighted by Gasteiger charge is -2.06. The van der Waals surface area contributed by atoms with Crippen LogP contribution in [0.25, 0.3) is 6.08 Å². The summed E-state index contributed by atoms with van der Waals surface area (Å²) in [5.41, 5.74) is 4.16. The molecule has 2 rings (SSSR count). The molecule has 0 saturated carbocycles. The van der Waals surface area contributed by atoms with Crippen molar-refractivity contribution in [2.24, 2.45) is 0 Å². The molecule has 0 aliphatic carbocycles. The third-order valence-corrected chi connectivity index (χ3v) is 3.55. The maximum absolute atomic E-state index is 5.48. The van der Waals surface area contributed by atoms with Crippen molar-refractivity contribution >= 4 is 6.08 Å². The standard InChI is InChI=1S/C16H22O/c1-4-6-14-7-8-15(13(3)11-14)9-10-16(5-2)12-17-16/h7-11H,4-6,12H2,1-3H3/b10-9+. The van der Waals surface area contributed by atoms with Gasteiger partial charge in [0.1, 0.15) is 5.60 Å². The quantitative estimate of drug-likeness (QED) is 0.693. The SMILES string of the molecule is CCCc1ccc(/C=C/C2(CC)CO2)c(C)c1. The minimum atomic E-state index is 0.0501. The number of epoxide rings is 1. The zero-order valence-electron chi connectivity index (χ0n) is 11.1. The maximum atomic E-state index is 5.48. The van der Waals surface area contributed by atoms with Crippen molar-refractivity contribution in [2.75, 3.05) is 6.61 Å². The number of rotatable bonds is 5. The molecule has 0 N–H and O–H groups in total. The number of benzene rings is 1. The molecule has 1 atom stereocenters. The first-order valence-corrected chi connectivity index (χ1v) is 6.62. The largest absolute Gasteiger partial charge is 0.365 e. The lowest BCUT2D eigenvalue weighted by atomic mass is 10.00. The summed E-state index contributed by atoms with van der Waals surface area (Å²) in [6.45, 7) is 7.46. The molecule has 1 saturated heterocycles. The molecule has 0 bridgehead atoms. The first-order chi connectivity index (χ1) is 8.19. The molecule has 1 nitrogen and oxygen atoms in total. The van der Waals surface area contributed by atoms with Crippen molar-refractivity contribution < 1.29 is 4.74 Å². The molecule has 1 aliphatic heterocycles. The van der Waals surface area contributed by atoms with Gasteiger partial charge < -0.3 is 4.74 Å². The van der Waals surface area contributed by atoms with E-state index in [1.165, 1.54) is 29.5 Å². The van der Waals surface area contributed by atoms with Crippen molar-refractivity contribution in [1.82, 2.24) is 0 Å². The van der Waals surface area contributed by atoms with E-state index in [0.717, 1.165) is 13.0 Å². The molecule has 1 fully saturated rings. The Kier molecular flexibility index (Phi) is 3.68. The van der Waals surface area contributed by atoms with E-state index in [-0.39, 0.29) is 5.60 Å². The predicted molar refractivity (Wildman–Crippen MR) is 73.2 cm³/mol. The molecular formula is C16H22O. The van der Waals surface area contributed by atoms with E-state index in [1.807, 2.05) is 0 Å². The molecule has 0 radical (unpaired) electrons. The fourth-order valence-electron chi connectivity index (χ4n) is 2.12. The van der Waals surface area contributed by atoms with Gasteiger partial charge in [0.05, 0.1) is 6.61 Å². The molecule has 1 aromatic carbocycles. The summed E-state index contributed by atoms with van der Waals surface area (Å²) in [5, 5.41) is 0. The van der Waals surface area contributed by atoms with Gasteiger partial charge in [0.2, 0.25) is 0 Å². The molecule has 17 heavy (non-hydrogen) atoms. The van der Waals surface area contributed by atoms with Crippen LogP contribution < -0.4 is 0 Å². The van der Waals surface area contributed by atoms with Gasteiger partial charge in [0.15, 0.2) is 0 Å². The van der Waals surface area contributed by atoms with Gasteiger partial charge in [-0.15, -0.1) is 0 Å². The molecule has 92 valence electrons. The third-order valence-electron chi connectivity index (χ3n) is 3.55. The average Bonchev–Trinajstić information content (AvgIpc) is 3.09. The van der Waals surface area contributed by atoms with Crippen LogP contribution in [0.3, 0.4) is 0 Å². The van der Waals surface area contributed by atoms with Crippen LogP contribution in [-0.4, -0.2) is 12.2 Å². The zero-order chi connectivity index (χ0) is 12.3. The van der Waals surface area contributed by atoms with E-state index >= 15 is 0 Å². The Balaban J connectivity index is 2.11. The van der Waals surface area contributed by atoms with E-state index < -0.39 is 0 Å². The van der Waals surface area contributed by atoms with Crippen LogP contribution in [0.1, 0.15) is 43.4 Å². The van der Waals surface area contributed by atoms with Gasteiger partial charge >= 0.3 is 0 Å². The summed E-state index contributed by atoms with van der Waals surface area (Å²) >= 11 is 0. The normalized spacial score (nSPS) is 23.2. The first kappa shape index (κ1) is 12.4. The minimum absolute atomic E-state index is 0.0501. The molecule has 1 heterocycles. The smallest absolute Gasteiger partial charge is 0.110 e. The van der Waals surface area contributed by atoms with Crippen molar-refractivity contribution in [2.45, 2.75) is 45.6 Å². The summed E-state index contributed by atoms with van der Waals surface area (Å²) in [7, 11) is 0. The Hall–Kier alpha value is -1.08. The molecule has 1 aromatic rings. The first-order valence-electron chi connectivity index (χ1n) is 6.62. The highest BCUT2D eigenvalue weighted by Crippen LogP contribution is 2.33. The van der Waals surface area contributed by atoms with Gasteiger partial charge in [0.25, 0.3) is 0 Å². The Labute approximate surface area is 104 Å². The lowest BCUT2D eigenvalue weighted by Crippen LogP contribution is -2.03. The van der Waals surface area contributed by atoms with Crippen LogP contribution in [0.15, 0.2) is 24.3 Å². The summed E-state index contributed by atoms with van der Waals surface area (Å²) < 4.78 is 5.48. The molecule has 0 aromatic heterocycles. The summed E-state index contributed by atoms with van der Waals surface area (Å²) in [5.74, 6) is 0. The van der Waals surface area contributed by atoms with E-state index in [0.29, 0.717) is 0 Å². The van der Waals surface area contributed by atoms with Crippen molar-refractivity contribution in [1.29, 1.82) is 0 Å². The van der Waals surface area contributed by atoms with Gasteiger partial charge in [-0.1, -0.05) is 44.5 Å². The fourth-order valence-corrected chi connectivity index (χ4v) is 2.12. The van der Waals surface area contributed by atoms with Gasteiger partial charge in [-0.2, -0.15) is 0 Å². The highest BCUT2D eigenvalue weighted by atomic mass is 16.6. The average molecular weight is 230 g/mol.